The van der Waals surface area contributed by atoms with Crippen LogP contribution in [0.25, 0.3) is 0 Å². The van der Waals surface area contributed by atoms with Crippen molar-refractivity contribution in [3.63, 3.8) is 0 Å². The second-order valence-corrected chi connectivity index (χ2v) is 4.22. The van der Waals surface area contributed by atoms with E-state index in [1.54, 1.807) is 24.2 Å². The van der Waals surface area contributed by atoms with E-state index in [-0.39, 0.29) is 11.8 Å². The molecule has 1 aromatic rings. The number of rotatable bonds is 2. The van der Waals surface area contributed by atoms with Crippen molar-refractivity contribution < 1.29 is 4.79 Å². The molecule has 1 aliphatic heterocycles. The van der Waals surface area contributed by atoms with Crippen molar-refractivity contribution in [2.75, 3.05) is 18.1 Å². The predicted molar refractivity (Wildman–Crippen MR) is 55.5 cm³/mol. The first-order valence-electron chi connectivity index (χ1n) is 4.48. The molecular formula is C9H11N3OS. The molecule has 0 amide bonds. The Kier molecular flexibility index (Phi) is 3.10. The Balaban J connectivity index is 2.07. The number of hydrogen-bond donors (Lipinski definition) is 1. The molecule has 74 valence electrons. The number of carbonyl (C=O) groups excluding carboxylic acids is 1. The summed E-state index contributed by atoms with van der Waals surface area (Å²) in [6.45, 7) is 0.898. The largest absolute Gasteiger partial charge is 0.306 e. The van der Waals surface area contributed by atoms with Crippen molar-refractivity contribution in [2.24, 2.45) is 0 Å². The van der Waals surface area contributed by atoms with E-state index in [0.29, 0.717) is 5.56 Å². The first kappa shape index (κ1) is 9.61. The highest BCUT2D eigenvalue weighted by molar-refractivity contribution is 7.99. The van der Waals surface area contributed by atoms with Crippen molar-refractivity contribution in [3.05, 3.63) is 24.3 Å². The first-order valence-corrected chi connectivity index (χ1v) is 5.64. The highest BCUT2D eigenvalue weighted by Crippen LogP contribution is 2.11. The maximum Gasteiger partial charge on any atom is 0.183 e. The van der Waals surface area contributed by atoms with Crippen molar-refractivity contribution in [2.45, 2.75) is 6.04 Å². The topological polar surface area (TPSA) is 54.9 Å². The normalized spacial score (nSPS) is 21.9. The third-order valence-corrected chi connectivity index (χ3v) is 3.15. The van der Waals surface area contributed by atoms with Crippen LogP contribution in [-0.4, -0.2) is 39.8 Å². The van der Waals surface area contributed by atoms with E-state index < -0.39 is 0 Å². The smallest absolute Gasteiger partial charge is 0.183 e. The number of Topliss-reactive ketones (excluding diaryl/α,β-unsaturated/α-hetero) is 1. The number of carbonyl (C=O) groups is 1. The molecule has 0 bridgehead atoms. The van der Waals surface area contributed by atoms with Gasteiger partial charge in [0, 0.05) is 30.4 Å². The summed E-state index contributed by atoms with van der Waals surface area (Å²) in [5.74, 6) is 2.01. The molecule has 0 saturated carbocycles. The molecule has 1 unspecified atom stereocenters. The zero-order chi connectivity index (χ0) is 9.80. The van der Waals surface area contributed by atoms with Gasteiger partial charge in [-0.2, -0.15) is 11.8 Å². The van der Waals surface area contributed by atoms with Crippen LogP contribution in [0.3, 0.4) is 0 Å². The molecule has 0 aliphatic carbocycles. The summed E-state index contributed by atoms with van der Waals surface area (Å²) < 4.78 is 0. The Hall–Kier alpha value is -0.940. The maximum atomic E-state index is 11.8. The number of nitrogens with zero attached hydrogens (tertiary/aromatic N) is 2. The third kappa shape index (κ3) is 2.10. The molecule has 1 saturated heterocycles. The van der Waals surface area contributed by atoms with Gasteiger partial charge < -0.3 is 5.32 Å². The molecule has 2 rings (SSSR count). The fraction of sp³-hybridized carbons (Fsp3) is 0.444. The van der Waals surface area contributed by atoms with Crippen LogP contribution in [0.4, 0.5) is 0 Å². The molecule has 0 radical (unpaired) electrons. The van der Waals surface area contributed by atoms with Gasteiger partial charge in [0.15, 0.2) is 5.78 Å². The van der Waals surface area contributed by atoms with E-state index in [2.05, 4.69) is 15.3 Å². The van der Waals surface area contributed by atoms with Crippen molar-refractivity contribution in [3.8, 4) is 0 Å². The van der Waals surface area contributed by atoms with Crippen molar-refractivity contribution in [1.82, 2.24) is 15.3 Å². The summed E-state index contributed by atoms with van der Waals surface area (Å²) in [6.07, 6.45) is 4.56. The average molecular weight is 209 g/mol. The molecule has 14 heavy (non-hydrogen) atoms. The molecule has 1 aliphatic rings. The van der Waals surface area contributed by atoms with E-state index in [4.69, 9.17) is 0 Å². The average Bonchev–Trinajstić information content (AvgIpc) is 2.30. The second-order valence-electron chi connectivity index (χ2n) is 3.07. The molecule has 1 fully saturated rings. The van der Waals surface area contributed by atoms with Gasteiger partial charge in [0.1, 0.15) is 6.33 Å². The van der Waals surface area contributed by atoms with Crippen LogP contribution >= 0.6 is 11.8 Å². The van der Waals surface area contributed by atoms with Gasteiger partial charge in [-0.05, 0) is 0 Å². The number of thioether (sulfide) groups is 1. The monoisotopic (exact) mass is 209 g/mol. The maximum absolute atomic E-state index is 11.8. The van der Waals surface area contributed by atoms with Gasteiger partial charge in [0.2, 0.25) is 0 Å². The van der Waals surface area contributed by atoms with Gasteiger partial charge in [-0.1, -0.05) is 0 Å². The molecule has 1 atom stereocenters. The van der Waals surface area contributed by atoms with E-state index in [1.807, 2.05) is 0 Å². The summed E-state index contributed by atoms with van der Waals surface area (Å²) in [4.78, 5) is 19.5. The quantitative estimate of drug-likeness (QED) is 0.713. The van der Waals surface area contributed by atoms with Gasteiger partial charge >= 0.3 is 0 Å². The number of nitrogens with one attached hydrogen (secondary N) is 1. The zero-order valence-electron chi connectivity index (χ0n) is 7.64. The Morgan fingerprint density at radius 3 is 2.93 bits per heavy atom. The molecule has 5 heteroatoms. The molecule has 4 nitrogen and oxygen atoms in total. The van der Waals surface area contributed by atoms with Crippen LogP contribution in [0.5, 0.6) is 0 Å². The third-order valence-electron chi connectivity index (χ3n) is 2.08. The number of ketones is 1. The van der Waals surface area contributed by atoms with E-state index in [9.17, 15) is 4.79 Å². The van der Waals surface area contributed by atoms with E-state index >= 15 is 0 Å². The number of aromatic nitrogens is 2. The highest BCUT2D eigenvalue weighted by atomic mass is 32.2. The van der Waals surface area contributed by atoms with Crippen molar-refractivity contribution in [1.29, 1.82) is 0 Å². The Morgan fingerprint density at radius 2 is 2.29 bits per heavy atom. The van der Waals surface area contributed by atoms with Gasteiger partial charge in [0.25, 0.3) is 0 Å². The van der Waals surface area contributed by atoms with Gasteiger partial charge in [0.05, 0.1) is 11.6 Å². The van der Waals surface area contributed by atoms with E-state index in [1.165, 1.54) is 6.33 Å². The molecule has 1 N–H and O–H groups in total. The molecule has 0 spiro atoms. The Morgan fingerprint density at radius 1 is 1.50 bits per heavy atom. The summed E-state index contributed by atoms with van der Waals surface area (Å²) in [5.41, 5.74) is 0.590. The van der Waals surface area contributed by atoms with Crippen LogP contribution in [0, 0.1) is 0 Å². The molecule has 0 aromatic carbocycles. The van der Waals surface area contributed by atoms with Crippen molar-refractivity contribution >= 4 is 17.5 Å². The van der Waals surface area contributed by atoms with E-state index in [0.717, 1.165) is 18.1 Å². The van der Waals surface area contributed by atoms with Crippen LogP contribution in [0.15, 0.2) is 18.7 Å². The fourth-order valence-electron chi connectivity index (χ4n) is 1.36. The predicted octanol–water partition coefficient (Wildman–Crippen LogP) is 0.364. The highest BCUT2D eigenvalue weighted by Gasteiger charge is 2.22. The summed E-state index contributed by atoms with van der Waals surface area (Å²) in [7, 11) is 0. The van der Waals surface area contributed by atoms with Crippen LogP contribution in [0.1, 0.15) is 10.4 Å². The minimum atomic E-state index is -0.0697. The second kappa shape index (κ2) is 4.52. The summed E-state index contributed by atoms with van der Waals surface area (Å²) in [5, 5.41) is 3.19. The summed E-state index contributed by atoms with van der Waals surface area (Å²) >= 11 is 1.80. The zero-order valence-corrected chi connectivity index (χ0v) is 8.46. The molecular weight excluding hydrogens is 198 g/mol. The van der Waals surface area contributed by atoms with Crippen LogP contribution in [0.2, 0.25) is 0 Å². The minimum Gasteiger partial charge on any atom is -0.306 e. The number of hydrogen-bond acceptors (Lipinski definition) is 5. The van der Waals surface area contributed by atoms with Gasteiger partial charge in [-0.25, -0.2) is 9.97 Å². The Bertz CT molecular complexity index is 311. The lowest BCUT2D eigenvalue weighted by molar-refractivity contribution is 0.0952. The van der Waals surface area contributed by atoms with Crippen LogP contribution < -0.4 is 5.32 Å². The Labute approximate surface area is 86.5 Å². The lowest BCUT2D eigenvalue weighted by Crippen LogP contribution is -2.43. The minimum absolute atomic E-state index is 0.0697. The first-order chi connectivity index (χ1) is 6.88. The van der Waals surface area contributed by atoms with Gasteiger partial charge in [-0.15, -0.1) is 0 Å². The molecule has 1 aromatic heterocycles. The molecule has 2 heterocycles. The van der Waals surface area contributed by atoms with Crippen LogP contribution in [-0.2, 0) is 0 Å². The summed E-state index contributed by atoms with van der Waals surface area (Å²) in [6, 6.07) is -0.0697. The fourth-order valence-corrected chi connectivity index (χ4v) is 2.30. The van der Waals surface area contributed by atoms with Gasteiger partial charge in [-0.3, -0.25) is 4.79 Å². The standard InChI is InChI=1S/C9H11N3OS/c13-9(7-3-10-6-11-4-7)8-5-14-2-1-12-8/h3-4,6,8,12H,1-2,5H2. The lowest BCUT2D eigenvalue weighted by Gasteiger charge is -2.21. The SMILES string of the molecule is O=C(c1cncnc1)C1CSCCN1. The lowest BCUT2D eigenvalue weighted by atomic mass is 10.1.